The SMILES string of the molecule is CC(O)(c1ccc2ccccc2c1)c1nn[nH]n1. The van der Waals surface area contributed by atoms with Crippen molar-refractivity contribution in [2.45, 2.75) is 12.5 Å². The molecule has 3 aromatic rings. The lowest BCUT2D eigenvalue weighted by molar-refractivity contribution is 0.0924. The van der Waals surface area contributed by atoms with E-state index in [0.29, 0.717) is 0 Å². The number of hydrogen-bond donors (Lipinski definition) is 2. The van der Waals surface area contributed by atoms with Gasteiger partial charge in [0.05, 0.1) is 0 Å². The van der Waals surface area contributed by atoms with Crippen molar-refractivity contribution in [2.24, 2.45) is 0 Å². The third-order valence-electron chi connectivity index (χ3n) is 3.09. The van der Waals surface area contributed by atoms with E-state index in [1.165, 1.54) is 0 Å². The first-order valence-electron chi connectivity index (χ1n) is 5.63. The van der Waals surface area contributed by atoms with E-state index in [4.69, 9.17) is 0 Å². The molecule has 0 aliphatic heterocycles. The summed E-state index contributed by atoms with van der Waals surface area (Å²) >= 11 is 0. The molecular weight excluding hydrogens is 228 g/mol. The summed E-state index contributed by atoms with van der Waals surface area (Å²) in [5.74, 6) is 0.262. The molecule has 1 aromatic heterocycles. The molecule has 90 valence electrons. The van der Waals surface area contributed by atoms with Crippen molar-refractivity contribution in [3.63, 3.8) is 0 Å². The summed E-state index contributed by atoms with van der Waals surface area (Å²) in [6.07, 6.45) is 0. The molecule has 0 aliphatic rings. The zero-order valence-corrected chi connectivity index (χ0v) is 9.83. The van der Waals surface area contributed by atoms with Crippen LogP contribution in [0.3, 0.4) is 0 Å². The molecule has 0 radical (unpaired) electrons. The lowest BCUT2D eigenvalue weighted by Crippen LogP contribution is -2.24. The molecule has 5 heteroatoms. The smallest absolute Gasteiger partial charge is 0.210 e. The number of nitrogens with one attached hydrogen (secondary N) is 1. The summed E-state index contributed by atoms with van der Waals surface area (Å²) in [7, 11) is 0. The van der Waals surface area contributed by atoms with Crippen molar-refractivity contribution in [1.29, 1.82) is 0 Å². The van der Waals surface area contributed by atoms with Gasteiger partial charge in [-0.3, -0.25) is 0 Å². The highest BCUT2D eigenvalue weighted by molar-refractivity contribution is 5.83. The molecule has 5 nitrogen and oxygen atoms in total. The Bertz CT molecular complexity index is 676. The number of aromatic nitrogens is 4. The second-order valence-corrected chi connectivity index (χ2v) is 4.37. The van der Waals surface area contributed by atoms with Crippen LogP contribution in [0.2, 0.25) is 0 Å². The fourth-order valence-electron chi connectivity index (χ4n) is 1.99. The molecule has 0 saturated carbocycles. The van der Waals surface area contributed by atoms with E-state index in [-0.39, 0.29) is 5.82 Å². The van der Waals surface area contributed by atoms with Crippen LogP contribution in [0.15, 0.2) is 42.5 Å². The van der Waals surface area contributed by atoms with Crippen LogP contribution < -0.4 is 0 Å². The van der Waals surface area contributed by atoms with Crippen LogP contribution in [0.4, 0.5) is 0 Å². The second-order valence-electron chi connectivity index (χ2n) is 4.37. The molecule has 0 bridgehead atoms. The van der Waals surface area contributed by atoms with Gasteiger partial charge in [0.1, 0.15) is 5.60 Å². The summed E-state index contributed by atoms with van der Waals surface area (Å²) in [5, 5.41) is 26.2. The number of aromatic amines is 1. The Kier molecular flexibility index (Phi) is 2.34. The first-order chi connectivity index (χ1) is 8.68. The van der Waals surface area contributed by atoms with E-state index >= 15 is 0 Å². The minimum Gasteiger partial charge on any atom is -0.377 e. The zero-order valence-electron chi connectivity index (χ0n) is 9.83. The Balaban J connectivity index is 2.14. The molecule has 1 unspecified atom stereocenters. The molecule has 1 heterocycles. The minimum absolute atomic E-state index is 0.262. The number of tetrazole rings is 1. The van der Waals surface area contributed by atoms with E-state index in [1.54, 1.807) is 6.92 Å². The molecule has 0 aliphatic carbocycles. The van der Waals surface area contributed by atoms with Gasteiger partial charge in [-0.15, -0.1) is 10.2 Å². The molecule has 0 saturated heterocycles. The van der Waals surface area contributed by atoms with E-state index < -0.39 is 5.60 Å². The molecule has 18 heavy (non-hydrogen) atoms. The van der Waals surface area contributed by atoms with Crippen molar-refractivity contribution in [2.75, 3.05) is 0 Å². The van der Waals surface area contributed by atoms with Crippen molar-refractivity contribution in [3.8, 4) is 0 Å². The van der Waals surface area contributed by atoms with Crippen LogP contribution in [0.5, 0.6) is 0 Å². The monoisotopic (exact) mass is 240 g/mol. The topological polar surface area (TPSA) is 74.7 Å². The predicted octanol–water partition coefficient (Wildman–Crippen LogP) is 1.61. The number of aliphatic hydroxyl groups is 1. The molecule has 1 atom stereocenters. The number of hydrogen-bond acceptors (Lipinski definition) is 4. The maximum absolute atomic E-state index is 10.5. The summed E-state index contributed by atoms with van der Waals surface area (Å²) in [5.41, 5.74) is -0.514. The standard InChI is InChI=1S/C13H12N4O/c1-13(18,12-14-16-17-15-12)11-7-6-9-4-2-3-5-10(9)8-11/h2-8,18H,1H3,(H,14,15,16,17). The summed E-state index contributed by atoms with van der Waals surface area (Å²) in [4.78, 5) is 0. The van der Waals surface area contributed by atoms with Crippen molar-refractivity contribution in [3.05, 3.63) is 53.9 Å². The van der Waals surface area contributed by atoms with E-state index in [9.17, 15) is 5.11 Å². The van der Waals surface area contributed by atoms with Gasteiger partial charge in [0, 0.05) is 0 Å². The fraction of sp³-hybridized carbons (Fsp3) is 0.154. The Morgan fingerprint density at radius 1 is 1.11 bits per heavy atom. The quantitative estimate of drug-likeness (QED) is 0.713. The second kappa shape index (κ2) is 3.89. The highest BCUT2D eigenvalue weighted by Crippen LogP contribution is 2.28. The highest BCUT2D eigenvalue weighted by Gasteiger charge is 2.30. The van der Waals surface area contributed by atoms with Gasteiger partial charge >= 0.3 is 0 Å². The van der Waals surface area contributed by atoms with Crippen LogP contribution in [0.25, 0.3) is 10.8 Å². The number of nitrogens with zero attached hydrogens (tertiary/aromatic N) is 3. The van der Waals surface area contributed by atoms with Gasteiger partial charge in [-0.25, -0.2) is 0 Å². The maximum Gasteiger partial charge on any atom is 0.210 e. The molecule has 3 rings (SSSR count). The summed E-state index contributed by atoms with van der Waals surface area (Å²) < 4.78 is 0. The first-order valence-corrected chi connectivity index (χ1v) is 5.63. The normalized spacial score (nSPS) is 14.6. The van der Waals surface area contributed by atoms with Gasteiger partial charge in [0.25, 0.3) is 0 Å². The number of fused-ring (bicyclic) bond motifs is 1. The average molecular weight is 240 g/mol. The minimum atomic E-state index is -1.25. The largest absolute Gasteiger partial charge is 0.377 e. The number of H-pyrrole nitrogens is 1. The molecule has 2 aromatic carbocycles. The maximum atomic E-state index is 10.5. The lowest BCUT2D eigenvalue weighted by Gasteiger charge is -2.20. The fourth-order valence-corrected chi connectivity index (χ4v) is 1.99. The molecule has 0 spiro atoms. The van der Waals surface area contributed by atoms with Crippen molar-refractivity contribution in [1.82, 2.24) is 20.6 Å². The van der Waals surface area contributed by atoms with Crippen molar-refractivity contribution >= 4 is 10.8 Å². The lowest BCUT2D eigenvalue weighted by atomic mass is 9.93. The van der Waals surface area contributed by atoms with Gasteiger partial charge in [-0.1, -0.05) is 41.6 Å². The van der Waals surface area contributed by atoms with E-state index in [0.717, 1.165) is 16.3 Å². The summed E-state index contributed by atoms with van der Waals surface area (Å²) in [6.45, 7) is 1.65. The van der Waals surface area contributed by atoms with Gasteiger partial charge in [-0.05, 0) is 29.3 Å². The molecular formula is C13H12N4O. The van der Waals surface area contributed by atoms with Crippen LogP contribution in [-0.2, 0) is 5.60 Å². The van der Waals surface area contributed by atoms with Crippen LogP contribution in [0, 0.1) is 0 Å². The average Bonchev–Trinajstić information content (AvgIpc) is 2.92. The Morgan fingerprint density at radius 3 is 2.61 bits per heavy atom. The Hall–Kier alpha value is -2.27. The summed E-state index contributed by atoms with van der Waals surface area (Å²) in [6, 6.07) is 13.8. The molecule has 0 fully saturated rings. The van der Waals surface area contributed by atoms with E-state index in [2.05, 4.69) is 20.6 Å². The van der Waals surface area contributed by atoms with Crippen LogP contribution >= 0.6 is 0 Å². The number of rotatable bonds is 2. The van der Waals surface area contributed by atoms with Crippen LogP contribution in [-0.4, -0.2) is 25.7 Å². The highest BCUT2D eigenvalue weighted by atomic mass is 16.3. The third kappa shape index (κ3) is 1.65. The first kappa shape index (κ1) is 10.9. The van der Waals surface area contributed by atoms with Gasteiger partial charge in [0.15, 0.2) is 0 Å². The Labute approximate surface area is 103 Å². The van der Waals surface area contributed by atoms with Gasteiger partial charge in [-0.2, -0.15) is 5.21 Å². The zero-order chi connectivity index (χ0) is 12.6. The number of benzene rings is 2. The molecule has 0 amide bonds. The predicted molar refractivity (Wildman–Crippen MR) is 66.8 cm³/mol. The Morgan fingerprint density at radius 2 is 1.89 bits per heavy atom. The van der Waals surface area contributed by atoms with Gasteiger partial charge < -0.3 is 5.11 Å². The van der Waals surface area contributed by atoms with E-state index in [1.807, 2.05) is 42.5 Å². The van der Waals surface area contributed by atoms with Crippen molar-refractivity contribution < 1.29 is 5.11 Å². The van der Waals surface area contributed by atoms with Gasteiger partial charge in [0.2, 0.25) is 5.82 Å². The van der Waals surface area contributed by atoms with Crippen LogP contribution in [0.1, 0.15) is 18.3 Å². The third-order valence-corrected chi connectivity index (χ3v) is 3.09. The molecule has 2 N–H and O–H groups in total.